The average Bonchev–Trinajstić information content (AvgIpc) is 1.46. The van der Waals surface area contributed by atoms with Crippen LogP contribution in [0.15, 0.2) is 158 Å². The van der Waals surface area contributed by atoms with Gasteiger partial charge >= 0.3 is 0 Å². The first-order valence-electron chi connectivity index (χ1n) is 33.3. The third-order valence-corrected chi connectivity index (χ3v) is 23.2. The first-order chi connectivity index (χ1) is 40.9. The zero-order valence-corrected chi connectivity index (χ0v) is 56.1. The Morgan fingerprint density at radius 2 is 0.897 bits per heavy atom. The quantitative estimate of drug-likeness (QED) is 0.159. The molecule has 4 heteroatoms. The van der Waals surface area contributed by atoms with Gasteiger partial charge in [-0.3, -0.25) is 0 Å². The molecule has 8 aromatic rings. The van der Waals surface area contributed by atoms with Gasteiger partial charge in [0.1, 0.15) is 0 Å². The Morgan fingerprint density at radius 1 is 0.356 bits per heavy atom. The summed E-state index contributed by atoms with van der Waals surface area (Å²) in [4.78, 5) is 8.35. The van der Waals surface area contributed by atoms with Crippen molar-refractivity contribution in [2.45, 2.75) is 225 Å². The normalized spacial score (nSPS) is 21.9. The molecule has 14 rings (SSSR count). The Bertz CT molecular complexity index is 4100. The van der Waals surface area contributed by atoms with Gasteiger partial charge in [-0.2, -0.15) is 0 Å². The number of nitrogens with zero attached hydrogens (tertiary/aromatic N) is 3. The molecule has 6 aliphatic rings. The van der Waals surface area contributed by atoms with E-state index in [0.717, 1.165) is 25.7 Å². The molecule has 2 atom stereocenters. The summed E-state index contributed by atoms with van der Waals surface area (Å²) < 4.78 is 0. The minimum absolute atomic E-state index is 0.0102. The van der Waals surface area contributed by atoms with Gasteiger partial charge < -0.3 is 14.7 Å². The van der Waals surface area contributed by atoms with Gasteiger partial charge in [0.05, 0.1) is 11.2 Å². The lowest BCUT2D eigenvalue weighted by Gasteiger charge is -2.52. The molecule has 0 radical (unpaired) electrons. The highest BCUT2D eigenvalue weighted by Gasteiger charge is 2.61. The molecule has 3 heterocycles. The molecule has 0 saturated heterocycles. The van der Waals surface area contributed by atoms with Gasteiger partial charge in [-0.15, -0.1) is 0 Å². The van der Waals surface area contributed by atoms with Crippen molar-refractivity contribution in [1.82, 2.24) is 0 Å². The Hall–Kier alpha value is -6.78. The van der Waals surface area contributed by atoms with E-state index in [4.69, 9.17) is 0 Å². The van der Waals surface area contributed by atoms with Crippen LogP contribution in [-0.2, 0) is 43.3 Å². The fraction of sp³-hybridized carbons (Fsp3) is 0.422. The first kappa shape index (κ1) is 57.9. The summed E-state index contributed by atoms with van der Waals surface area (Å²) in [5, 5.41) is 0. The van der Waals surface area contributed by atoms with Gasteiger partial charge in [-0.05, 0) is 216 Å². The topological polar surface area (TPSA) is 9.72 Å². The van der Waals surface area contributed by atoms with E-state index in [1.807, 2.05) is 0 Å². The molecule has 0 N–H and O–H groups in total. The van der Waals surface area contributed by atoms with Crippen LogP contribution in [0.3, 0.4) is 0 Å². The number of anilines is 8. The van der Waals surface area contributed by atoms with Crippen molar-refractivity contribution in [2.75, 3.05) is 14.7 Å². The van der Waals surface area contributed by atoms with Gasteiger partial charge in [0, 0.05) is 50.8 Å². The molecule has 446 valence electrons. The van der Waals surface area contributed by atoms with Gasteiger partial charge in [-0.1, -0.05) is 228 Å². The SMILES string of the molecule is CC(C)(C)c1ccc(C23CCCCC2(C)N(c2ccc4c(c2)N(c2ccc(C(C)(C)C)cc2-c2ccccc2)c2cc(C(C)(C)C)cc5c2B4c2cc4c(cc2N5c2ccc5c(c2)C(C)(C)CCC5(C)C)C(C)(C)CCC4(C)C)c2ccccc23)cc1. The van der Waals surface area contributed by atoms with Crippen LogP contribution < -0.4 is 31.1 Å². The number of para-hydroxylation sites is 1. The largest absolute Gasteiger partial charge is 0.334 e. The van der Waals surface area contributed by atoms with Crippen molar-refractivity contribution in [3.05, 3.63) is 208 Å². The molecule has 0 aromatic heterocycles. The average molecular weight is 1150 g/mol. The summed E-state index contributed by atoms with van der Waals surface area (Å²) in [6.45, 7) is 44.0. The molecule has 1 saturated carbocycles. The fourth-order valence-electron chi connectivity index (χ4n) is 17.6. The number of hydrogen-bond donors (Lipinski definition) is 0. The maximum atomic E-state index is 2.83. The summed E-state index contributed by atoms with van der Waals surface area (Å²) in [6.07, 6.45) is 9.28. The first-order valence-corrected chi connectivity index (χ1v) is 33.3. The second-order valence-electron chi connectivity index (χ2n) is 33.7. The van der Waals surface area contributed by atoms with E-state index in [1.54, 1.807) is 0 Å². The molecule has 87 heavy (non-hydrogen) atoms. The Kier molecular flexibility index (Phi) is 12.7. The van der Waals surface area contributed by atoms with E-state index in [2.05, 4.69) is 297 Å². The molecule has 2 unspecified atom stereocenters. The minimum atomic E-state index is -0.242. The van der Waals surface area contributed by atoms with Crippen LogP contribution in [0.1, 0.15) is 226 Å². The summed E-state index contributed by atoms with van der Waals surface area (Å²) in [5.41, 5.74) is 29.4. The fourth-order valence-corrected chi connectivity index (χ4v) is 17.6. The van der Waals surface area contributed by atoms with E-state index < -0.39 is 0 Å². The van der Waals surface area contributed by atoms with Gasteiger partial charge in [-0.25, -0.2) is 0 Å². The molecular formula is C83H96BN3. The third kappa shape index (κ3) is 8.69. The van der Waals surface area contributed by atoms with Gasteiger partial charge in [0.25, 0.3) is 6.71 Å². The number of benzene rings is 8. The smallest absolute Gasteiger partial charge is 0.252 e. The lowest BCUT2D eigenvalue weighted by Crippen LogP contribution is -2.62. The molecule has 3 aliphatic carbocycles. The Balaban J connectivity index is 1.10. The Morgan fingerprint density at radius 3 is 1.54 bits per heavy atom. The standard InChI is InChI=1S/C83H96BN3/c1-75(2,3)54-30-32-55(33-31-54)83-41-25-24-40-82(83,18)87(69-29-23-22-28-62(69)83)59-36-38-66-70(50-59)86(68-39-34-56(76(4,5)6)46-60(68)53-26-20-19-21-27-53)73-48-57(77(7,8)9)47-72-74(73)84(66)67-51-64-65(81(16,17)45-44-80(64,14)15)52-71(67)85(72)58-35-37-61-63(49-58)79(12,13)43-42-78(61,10)11/h19-23,26-39,46-52H,24-25,40-45H2,1-18H3. The molecule has 3 aliphatic heterocycles. The van der Waals surface area contributed by atoms with Crippen molar-refractivity contribution >= 4 is 68.6 Å². The predicted octanol–water partition coefficient (Wildman–Crippen LogP) is 20.8. The van der Waals surface area contributed by atoms with Crippen molar-refractivity contribution in [1.29, 1.82) is 0 Å². The highest BCUT2D eigenvalue weighted by molar-refractivity contribution is 7.00. The predicted molar refractivity (Wildman–Crippen MR) is 375 cm³/mol. The summed E-state index contributed by atoms with van der Waals surface area (Å²) in [7, 11) is 0. The second kappa shape index (κ2) is 19.1. The molecule has 8 aromatic carbocycles. The summed E-state index contributed by atoms with van der Waals surface area (Å²) in [5.74, 6) is 0. The van der Waals surface area contributed by atoms with Crippen molar-refractivity contribution in [2.24, 2.45) is 0 Å². The van der Waals surface area contributed by atoms with Crippen molar-refractivity contribution in [3.63, 3.8) is 0 Å². The molecule has 0 bridgehead atoms. The van der Waals surface area contributed by atoms with E-state index in [1.165, 1.54) is 149 Å². The lowest BCUT2D eigenvalue weighted by molar-refractivity contribution is 0.215. The van der Waals surface area contributed by atoms with E-state index in [9.17, 15) is 0 Å². The highest BCUT2D eigenvalue weighted by atomic mass is 15.3. The van der Waals surface area contributed by atoms with Crippen LogP contribution in [-0.4, -0.2) is 12.3 Å². The van der Waals surface area contributed by atoms with E-state index in [-0.39, 0.29) is 55.6 Å². The van der Waals surface area contributed by atoms with E-state index >= 15 is 0 Å². The van der Waals surface area contributed by atoms with Crippen LogP contribution in [0.2, 0.25) is 0 Å². The summed E-state index contributed by atoms with van der Waals surface area (Å²) in [6, 6.07) is 64.3. The van der Waals surface area contributed by atoms with Crippen LogP contribution in [0.4, 0.5) is 45.5 Å². The Labute approximate surface area is 524 Å². The minimum Gasteiger partial charge on any atom is -0.334 e. The van der Waals surface area contributed by atoms with Gasteiger partial charge in [0.2, 0.25) is 0 Å². The van der Waals surface area contributed by atoms with E-state index in [0.29, 0.717) is 0 Å². The monoisotopic (exact) mass is 1150 g/mol. The van der Waals surface area contributed by atoms with Crippen LogP contribution >= 0.6 is 0 Å². The lowest BCUT2D eigenvalue weighted by atomic mass is 9.33. The van der Waals surface area contributed by atoms with Gasteiger partial charge in [0.15, 0.2) is 0 Å². The second-order valence-corrected chi connectivity index (χ2v) is 33.7. The van der Waals surface area contributed by atoms with Crippen LogP contribution in [0.25, 0.3) is 11.1 Å². The molecular weight excluding hydrogens is 1050 g/mol. The van der Waals surface area contributed by atoms with Crippen molar-refractivity contribution < 1.29 is 0 Å². The third-order valence-electron chi connectivity index (χ3n) is 23.2. The zero-order chi connectivity index (χ0) is 61.6. The maximum Gasteiger partial charge on any atom is 0.252 e. The number of hydrogen-bond acceptors (Lipinski definition) is 3. The highest BCUT2D eigenvalue weighted by Crippen LogP contribution is 2.64. The van der Waals surface area contributed by atoms with Crippen molar-refractivity contribution in [3.8, 4) is 11.1 Å². The van der Waals surface area contributed by atoms with Crippen LogP contribution in [0.5, 0.6) is 0 Å². The molecule has 0 amide bonds. The number of rotatable bonds is 5. The summed E-state index contributed by atoms with van der Waals surface area (Å²) >= 11 is 0. The molecule has 3 nitrogen and oxygen atoms in total. The maximum absolute atomic E-state index is 2.83. The zero-order valence-electron chi connectivity index (χ0n) is 56.1. The molecule has 1 fully saturated rings. The number of fused-ring (bicyclic) bond motifs is 9. The molecule has 0 spiro atoms. The van der Waals surface area contributed by atoms with Crippen LogP contribution in [0, 0.1) is 0 Å².